The standard InChI is InChI=1S/C16H27NO3/c1-12(2)17(11-16(3,4)18)10-13-7-8-14(19-5)15(9-13)20-6/h7-9,12,18H,10-11H2,1-6H3. The van der Waals surface area contributed by atoms with Crippen molar-refractivity contribution in [1.82, 2.24) is 4.90 Å². The summed E-state index contributed by atoms with van der Waals surface area (Å²) in [4.78, 5) is 2.24. The van der Waals surface area contributed by atoms with E-state index in [2.05, 4.69) is 18.7 Å². The summed E-state index contributed by atoms with van der Waals surface area (Å²) in [5.41, 5.74) is 0.432. The summed E-state index contributed by atoms with van der Waals surface area (Å²) in [6.45, 7) is 9.31. The van der Waals surface area contributed by atoms with Crippen LogP contribution in [0, 0.1) is 0 Å². The van der Waals surface area contributed by atoms with Crippen LogP contribution in [0.2, 0.25) is 0 Å². The van der Waals surface area contributed by atoms with Gasteiger partial charge in [-0.05, 0) is 45.4 Å². The molecule has 0 saturated carbocycles. The Hall–Kier alpha value is -1.26. The number of benzene rings is 1. The van der Waals surface area contributed by atoms with E-state index >= 15 is 0 Å². The maximum Gasteiger partial charge on any atom is 0.161 e. The molecule has 4 heteroatoms. The number of rotatable bonds is 7. The molecular weight excluding hydrogens is 254 g/mol. The summed E-state index contributed by atoms with van der Waals surface area (Å²) in [6.07, 6.45) is 0. The third kappa shape index (κ3) is 5.02. The third-order valence-electron chi connectivity index (χ3n) is 3.15. The van der Waals surface area contributed by atoms with Crippen LogP contribution in [0.1, 0.15) is 33.3 Å². The minimum absolute atomic E-state index is 0.356. The van der Waals surface area contributed by atoms with E-state index in [1.165, 1.54) is 0 Å². The van der Waals surface area contributed by atoms with E-state index in [0.29, 0.717) is 12.6 Å². The van der Waals surface area contributed by atoms with Gasteiger partial charge in [0.2, 0.25) is 0 Å². The first-order valence-electron chi connectivity index (χ1n) is 6.94. The molecule has 1 N–H and O–H groups in total. The smallest absolute Gasteiger partial charge is 0.161 e. The van der Waals surface area contributed by atoms with Crippen molar-refractivity contribution in [1.29, 1.82) is 0 Å². The summed E-state index contributed by atoms with van der Waals surface area (Å²) in [6, 6.07) is 6.28. The lowest BCUT2D eigenvalue weighted by Gasteiger charge is -2.32. The molecule has 114 valence electrons. The zero-order chi connectivity index (χ0) is 15.3. The Bertz CT molecular complexity index is 424. The van der Waals surface area contributed by atoms with Crippen LogP contribution in [-0.2, 0) is 6.54 Å². The average molecular weight is 281 g/mol. The van der Waals surface area contributed by atoms with E-state index in [1.54, 1.807) is 14.2 Å². The molecule has 0 aliphatic rings. The highest BCUT2D eigenvalue weighted by atomic mass is 16.5. The van der Waals surface area contributed by atoms with E-state index in [9.17, 15) is 5.11 Å². The second-order valence-corrected chi connectivity index (χ2v) is 6.00. The SMILES string of the molecule is COc1ccc(CN(CC(C)(C)O)C(C)C)cc1OC. The lowest BCUT2D eigenvalue weighted by molar-refractivity contribution is 0.0225. The Labute approximate surface area is 122 Å². The van der Waals surface area contributed by atoms with Crippen LogP contribution >= 0.6 is 0 Å². The van der Waals surface area contributed by atoms with Gasteiger partial charge in [0.05, 0.1) is 19.8 Å². The number of ether oxygens (including phenoxy) is 2. The molecule has 1 aromatic rings. The molecule has 0 saturated heterocycles. The first-order chi connectivity index (χ1) is 9.26. The van der Waals surface area contributed by atoms with Crippen molar-refractivity contribution in [2.45, 2.75) is 45.9 Å². The lowest BCUT2D eigenvalue weighted by Crippen LogP contribution is -2.41. The van der Waals surface area contributed by atoms with Crippen molar-refractivity contribution in [2.24, 2.45) is 0 Å². The molecule has 0 bridgehead atoms. The summed E-state index contributed by atoms with van der Waals surface area (Å²) >= 11 is 0. The molecule has 0 amide bonds. The summed E-state index contributed by atoms with van der Waals surface area (Å²) in [7, 11) is 3.27. The second kappa shape index (κ2) is 6.95. The van der Waals surface area contributed by atoms with Gasteiger partial charge in [0, 0.05) is 19.1 Å². The molecule has 1 rings (SSSR count). The molecule has 1 aromatic carbocycles. The highest BCUT2D eigenvalue weighted by Crippen LogP contribution is 2.28. The van der Waals surface area contributed by atoms with Crippen LogP contribution < -0.4 is 9.47 Å². The van der Waals surface area contributed by atoms with Crippen molar-refractivity contribution in [3.63, 3.8) is 0 Å². The number of hydrogen-bond donors (Lipinski definition) is 1. The van der Waals surface area contributed by atoms with Gasteiger partial charge in [-0.15, -0.1) is 0 Å². The van der Waals surface area contributed by atoms with Crippen molar-refractivity contribution in [2.75, 3.05) is 20.8 Å². The molecule has 0 radical (unpaired) electrons. The summed E-state index contributed by atoms with van der Waals surface area (Å²) in [5.74, 6) is 1.46. The van der Waals surface area contributed by atoms with Crippen molar-refractivity contribution in [3.05, 3.63) is 23.8 Å². The van der Waals surface area contributed by atoms with Crippen molar-refractivity contribution >= 4 is 0 Å². The fourth-order valence-electron chi connectivity index (χ4n) is 2.13. The highest BCUT2D eigenvalue weighted by Gasteiger charge is 2.20. The van der Waals surface area contributed by atoms with Gasteiger partial charge in [0.25, 0.3) is 0 Å². The molecule has 0 fully saturated rings. The Kier molecular flexibility index (Phi) is 5.84. The fourth-order valence-corrected chi connectivity index (χ4v) is 2.13. The Morgan fingerprint density at radius 3 is 2.20 bits per heavy atom. The predicted molar refractivity (Wildman–Crippen MR) is 81.4 cm³/mol. The summed E-state index contributed by atoms with van der Waals surface area (Å²) in [5, 5.41) is 10.0. The first-order valence-corrected chi connectivity index (χ1v) is 6.94. The van der Waals surface area contributed by atoms with Gasteiger partial charge in [0.1, 0.15) is 0 Å². The zero-order valence-electron chi connectivity index (χ0n) is 13.4. The van der Waals surface area contributed by atoms with E-state index < -0.39 is 5.60 Å². The molecule has 0 atom stereocenters. The van der Waals surface area contributed by atoms with Crippen LogP contribution in [-0.4, -0.2) is 42.4 Å². The molecule has 0 aliphatic heterocycles. The molecule has 20 heavy (non-hydrogen) atoms. The van der Waals surface area contributed by atoms with Crippen LogP contribution in [0.15, 0.2) is 18.2 Å². The van der Waals surface area contributed by atoms with E-state index in [-0.39, 0.29) is 0 Å². The van der Waals surface area contributed by atoms with Crippen LogP contribution in [0.3, 0.4) is 0 Å². The van der Waals surface area contributed by atoms with Gasteiger partial charge in [-0.1, -0.05) is 6.07 Å². The number of aliphatic hydroxyl groups is 1. The Balaban J connectivity index is 2.88. The molecule has 0 spiro atoms. The van der Waals surface area contributed by atoms with Crippen molar-refractivity contribution < 1.29 is 14.6 Å². The fraction of sp³-hybridized carbons (Fsp3) is 0.625. The van der Waals surface area contributed by atoms with Gasteiger partial charge in [-0.2, -0.15) is 0 Å². The van der Waals surface area contributed by atoms with Gasteiger partial charge in [-0.25, -0.2) is 0 Å². The van der Waals surface area contributed by atoms with E-state index in [0.717, 1.165) is 23.6 Å². The second-order valence-electron chi connectivity index (χ2n) is 6.00. The van der Waals surface area contributed by atoms with E-state index in [1.807, 2.05) is 32.0 Å². The van der Waals surface area contributed by atoms with Crippen LogP contribution in [0.4, 0.5) is 0 Å². The number of nitrogens with zero attached hydrogens (tertiary/aromatic N) is 1. The lowest BCUT2D eigenvalue weighted by atomic mass is 10.1. The van der Waals surface area contributed by atoms with Gasteiger partial charge < -0.3 is 14.6 Å². The molecule has 0 heterocycles. The molecule has 4 nitrogen and oxygen atoms in total. The van der Waals surface area contributed by atoms with Crippen LogP contribution in [0.5, 0.6) is 11.5 Å². The Morgan fingerprint density at radius 2 is 1.75 bits per heavy atom. The highest BCUT2D eigenvalue weighted by molar-refractivity contribution is 5.42. The predicted octanol–water partition coefficient (Wildman–Crippen LogP) is 2.69. The monoisotopic (exact) mass is 281 g/mol. The van der Waals surface area contributed by atoms with Gasteiger partial charge in [-0.3, -0.25) is 4.90 Å². The molecule has 0 unspecified atom stereocenters. The van der Waals surface area contributed by atoms with Gasteiger partial charge in [0.15, 0.2) is 11.5 Å². The quantitative estimate of drug-likeness (QED) is 0.834. The topological polar surface area (TPSA) is 41.9 Å². The maximum absolute atomic E-state index is 10.0. The zero-order valence-corrected chi connectivity index (χ0v) is 13.4. The minimum atomic E-state index is -0.708. The Morgan fingerprint density at radius 1 is 1.15 bits per heavy atom. The summed E-state index contributed by atoms with van der Waals surface area (Å²) < 4.78 is 10.6. The number of methoxy groups -OCH3 is 2. The maximum atomic E-state index is 10.0. The van der Waals surface area contributed by atoms with Crippen LogP contribution in [0.25, 0.3) is 0 Å². The first kappa shape index (κ1) is 16.8. The molecule has 0 aromatic heterocycles. The molecular formula is C16H27NO3. The normalized spacial score (nSPS) is 12.1. The minimum Gasteiger partial charge on any atom is -0.493 e. The largest absolute Gasteiger partial charge is 0.493 e. The number of hydrogen-bond acceptors (Lipinski definition) is 4. The van der Waals surface area contributed by atoms with Crippen molar-refractivity contribution in [3.8, 4) is 11.5 Å². The van der Waals surface area contributed by atoms with E-state index in [4.69, 9.17) is 9.47 Å². The third-order valence-corrected chi connectivity index (χ3v) is 3.15. The average Bonchev–Trinajstić information content (AvgIpc) is 2.36. The van der Waals surface area contributed by atoms with Gasteiger partial charge >= 0.3 is 0 Å². The molecule has 0 aliphatic carbocycles.